The van der Waals surface area contributed by atoms with Crippen LogP contribution in [0.2, 0.25) is 0 Å². The summed E-state index contributed by atoms with van der Waals surface area (Å²) in [4.78, 5) is 30.2. The van der Waals surface area contributed by atoms with Gasteiger partial charge in [-0.25, -0.2) is 25.2 Å². The minimum absolute atomic E-state index is 0.271. The molecule has 0 atom stereocenters. The van der Waals surface area contributed by atoms with Gasteiger partial charge in [-0.1, -0.05) is 13.5 Å². The number of isocyanates is 2. The lowest BCUT2D eigenvalue weighted by Gasteiger charge is -1.93. The van der Waals surface area contributed by atoms with Crippen LogP contribution in [0.25, 0.3) is 0 Å². The van der Waals surface area contributed by atoms with Crippen LogP contribution in [0.4, 0.5) is 0 Å². The molecule has 0 aliphatic carbocycles. The minimum atomic E-state index is -0.757. The first-order valence-corrected chi connectivity index (χ1v) is 3.16. The van der Waals surface area contributed by atoms with E-state index in [1.807, 2.05) is 0 Å². The van der Waals surface area contributed by atoms with Gasteiger partial charge in [0, 0.05) is 5.57 Å². The van der Waals surface area contributed by atoms with Crippen LogP contribution in [0.5, 0.6) is 0 Å². The number of hydrogen-bond acceptors (Lipinski definition) is 7. The molecule has 3 N–H and O–H groups in total. The molecule has 0 saturated carbocycles. The molecule has 0 bridgehead atoms. The molecule has 0 radical (unpaired) electrons. The molecule has 0 aliphatic rings. The quantitative estimate of drug-likeness (QED) is 0.200. The monoisotopic (exact) mass is 202 g/mol. The van der Waals surface area contributed by atoms with E-state index < -0.39 is 5.97 Å². The highest BCUT2D eigenvalue weighted by atomic mass is 17.1. The summed E-state index contributed by atoms with van der Waals surface area (Å²) in [6.07, 6.45) is 2.00. The van der Waals surface area contributed by atoms with Gasteiger partial charge in [-0.15, -0.1) is 0 Å². The largest absolute Gasteiger partial charge is 0.368 e. The average molecular weight is 202 g/mol. The number of nitrogens with one attached hydrogen (secondary N) is 2. The molecule has 0 spiro atoms. The van der Waals surface area contributed by atoms with Gasteiger partial charge in [0.25, 0.3) is 0 Å². The van der Waals surface area contributed by atoms with Crippen LogP contribution in [0.1, 0.15) is 13.3 Å². The van der Waals surface area contributed by atoms with Crippen molar-refractivity contribution >= 4 is 18.1 Å². The third-order valence-corrected chi connectivity index (χ3v) is 0.798. The van der Waals surface area contributed by atoms with Crippen LogP contribution >= 0.6 is 0 Å². The Morgan fingerprint density at radius 1 is 1.43 bits per heavy atom. The molecule has 0 aliphatic heterocycles. The van der Waals surface area contributed by atoms with Crippen LogP contribution in [0, 0.1) is 10.8 Å². The molecule has 0 heterocycles. The zero-order chi connectivity index (χ0) is 12.0. The fraction of sp³-hybridized carbons (Fsp3) is 0.286. The minimum Gasteiger partial charge on any atom is -0.296 e. The second-order valence-electron chi connectivity index (χ2n) is 1.54. The van der Waals surface area contributed by atoms with Crippen LogP contribution in [0.3, 0.4) is 0 Å². The molecular weight excluding hydrogens is 192 g/mol. The molecule has 0 amide bonds. The smallest absolute Gasteiger partial charge is 0.296 e. The standard InChI is InChI=1S/C5H8O3.2CHNO/c1-3-4(2)5(6)8-7;2*2-1-3/h7H,2-3H2,1H3;2*2H. The Balaban J connectivity index is -0.000000168. The lowest BCUT2D eigenvalue weighted by Crippen LogP contribution is -2.02. The summed E-state index contributed by atoms with van der Waals surface area (Å²) in [6, 6.07) is 0. The van der Waals surface area contributed by atoms with Crippen molar-refractivity contribution in [2.45, 2.75) is 13.3 Å². The Bertz CT molecular complexity index is 210. The zero-order valence-electron chi connectivity index (χ0n) is 7.49. The van der Waals surface area contributed by atoms with Gasteiger partial charge in [0.2, 0.25) is 12.2 Å². The molecule has 0 aromatic rings. The van der Waals surface area contributed by atoms with E-state index in [-0.39, 0.29) is 5.57 Å². The highest BCUT2D eigenvalue weighted by Gasteiger charge is 2.03. The Morgan fingerprint density at radius 2 is 1.71 bits per heavy atom. The summed E-state index contributed by atoms with van der Waals surface area (Å²) in [5.74, 6) is -0.757. The normalized spacial score (nSPS) is 5.86. The van der Waals surface area contributed by atoms with Crippen molar-refractivity contribution in [3.8, 4) is 0 Å². The molecular formula is C7H10N2O5. The molecule has 0 fully saturated rings. The molecule has 0 aromatic heterocycles. The number of carbonyl (C=O) groups excluding carboxylic acids is 3. The molecule has 78 valence electrons. The SMILES string of the molecule is C=C(CC)C(=O)OO.N=C=O.N=C=O. The van der Waals surface area contributed by atoms with Gasteiger partial charge in [0.1, 0.15) is 0 Å². The van der Waals surface area contributed by atoms with Gasteiger partial charge >= 0.3 is 5.97 Å². The molecule has 0 saturated heterocycles. The van der Waals surface area contributed by atoms with E-state index in [1.54, 1.807) is 6.92 Å². The van der Waals surface area contributed by atoms with Gasteiger partial charge in [0.15, 0.2) is 0 Å². The summed E-state index contributed by atoms with van der Waals surface area (Å²) < 4.78 is 0. The Hall–Kier alpha value is -2.07. The van der Waals surface area contributed by atoms with E-state index in [2.05, 4.69) is 11.5 Å². The molecule has 0 unspecified atom stereocenters. The van der Waals surface area contributed by atoms with Crippen molar-refractivity contribution in [2.24, 2.45) is 0 Å². The van der Waals surface area contributed by atoms with Crippen molar-refractivity contribution in [3.63, 3.8) is 0 Å². The van der Waals surface area contributed by atoms with E-state index in [0.717, 1.165) is 12.2 Å². The summed E-state index contributed by atoms with van der Waals surface area (Å²) >= 11 is 0. The predicted octanol–water partition coefficient (Wildman–Crippen LogP) is 0.771. The first-order valence-electron chi connectivity index (χ1n) is 3.16. The van der Waals surface area contributed by atoms with Crippen molar-refractivity contribution in [2.75, 3.05) is 0 Å². The van der Waals surface area contributed by atoms with E-state index >= 15 is 0 Å². The summed E-state index contributed by atoms with van der Waals surface area (Å²) in [6.45, 7) is 5.06. The number of hydrogen-bond donors (Lipinski definition) is 3. The lowest BCUT2D eigenvalue weighted by molar-refractivity contribution is -0.229. The number of carbonyl (C=O) groups is 1. The Labute approximate surface area is 79.9 Å². The van der Waals surface area contributed by atoms with Gasteiger partial charge < -0.3 is 0 Å². The molecule has 0 rings (SSSR count). The van der Waals surface area contributed by atoms with Crippen LogP contribution < -0.4 is 0 Å². The zero-order valence-corrected chi connectivity index (χ0v) is 7.49. The van der Waals surface area contributed by atoms with Gasteiger partial charge in [-0.3, -0.25) is 4.89 Å². The highest BCUT2D eigenvalue weighted by Crippen LogP contribution is 1.96. The van der Waals surface area contributed by atoms with Crippen LogP contribution in [0.15, 0.2) is 12.2 Å². The third-order valence-electron chi connectivity index (χ3n) is 0.798. The van der Waals surface area contributed by atoms with E-state index in [4.69, 9.17) is 25.7 Å². The van der Waals surface area contributed by atoms with E-state index in [0.29, 0.717) is 6.42 Å². The summed E-state index contributed by atoms with van der Waals surface area (Å²) in [5, 5.41) is 18.5. The van der Waals surface area contributed by atoms with Gasteiger partial charge in [-0.05, 0) is 6.42 Å². The topological polar surface area (TPSA) is 128 Å². The van der Waals surface area contributed by atoms with Crippen LogP contribution in [-0.2, 0) is 19.3 Å². The van der Waals surface area contributed by atoms with Crippen molar-refractivity contribution in [3.05, 3.63) is 12.2 Å². The average Bonchev–Trinajstić information content (AvgIpc) is 2.18. The van der Waals surface area contributed by atoms with E-state index in [1.165, 1.54) is 0 Å². The molecule has 7 heteroatoms. The van der Waals surface area contributed by atoms with Crippen molar-refractivity contribution < 1.29 is 24.5 Å². The van der Waals surface area contributed by atoms with Crippen molar-refractivity contribution in [1.82, 2.24) is 0 Å². The Kier molecular flexibility index (Phi) is 21.9. The van der Waals surface area contributed by atoms with Crippen molar-refractivity contribution in [1.29, 1.82) is 10.8 Å². The molecule has 7 nitrogen and oxygen atoms in total. The summed E-state index contributed by atoms with van der Waals surface area (Å²) in [7, 11) is 0. The second kappa shape index (κ2) is 17.1. The van der Waals surface area contributed by atoms with Gasteiger partial charge in [-0.2, -0.15) is 5.26 Å². The first-order chi connectivity index (χ1) is 6.55. The predicted molar refractivity (Wildman–Crippen MR) is 45.0 cm³/mol. The Morgan fingerprint density at radius 3 is 1.79 bits per heavy atom. The fourth-order valence-electron chi connectivity index (χ4n) is 0.209. The maximum atomic E-state index is 10.2. The fourth-order valence-corrected chi connectivity index (χ4v) is 0.209. The lowest BCUT2D eigenvalue weighted by atomic mass is 10.2. The summed E-state index contributed by atoms with van der Waals surface area (Å²) in [5.41, 5.74) is 0.271. The molecule has 14 heavy (non-hydrogen) atoms. The molecule has 0 aromatic carbocycles. The highest BCUT2D eigenvalue weighted by molar-refractivity contribution is 5.86. The first kappa shape index (κ1) is 17.9. The third kappa shape index (κ3) is 22.5. The second-order valence-corrected chi connectivity index (χ2v) is 1.54. The maximum absolute atomic E-state index is 10.2. The maximum Gasteiger partial charge on any atom is 0.368 e. The van der Waals surface area contributed by atoms with E-state index in [9.17, 15) is 4.79 Å². The van der Waals surface area contributed by atoms with Gasteiger partial charge in [0.05, 0.1) is 0 Å². The van der Waals surface area contributed by atoms with Crippen LogP contribution in [-0.4, -0.2) is 23.4 Å². The number of rotatable bonds is 2.